The van der Waals surface area contributed by atoms with Gasteiger partial charge >= 0.3 is 0 Å². The van der Waals surface area contributed by atoms with E-state index in [2.05, 4.69) is 10.3 Å². The summed E-state index contributed by atoms with van der Waals surface area (Å²) in [4.78, 5) is 19.4. The highest BCUT2D eigenvalue weighted by atomic mass is 16.5. The molecule has 3 heterocycles. The Balaban J connectivity index is 1.57. The number of nitrogens with zero attached hydrogens (tertiary/aromatic N) is 5. The van der Waals surface area contributed by atoms with Crippen molar-refractivity contribution in [3.63, 3.8) is 0 Å². The minimum Gasteiger partial charge on any atom is -0.361 e. The molecule has 1 aliphatic heterocycles. The third-order valence-corrected chi connectivity index (χ3v) is 4.96. The zero-order valence-corrected chi connectivity index (χ0v) is 15.1. The maximum absolute atomic E-state index is 12.9. The fourth-order valence-corrected chi connectivity index (χ4v) is 3.42. The lowest BCUT2D eigenvalue weighted by Crippen LogP contribution is -2.42. The minimum absolute atomic E-state index is 0.0578. The van der Waals surface area contributed by atoms with Gasteiger partial charge in [-0.3, -0.25) is 4.79 Å². The minimum atomic E-state index is -0.123. The first-order chi connectivity index (χ1) is 12.5. The van der Waals surface area contributed by atoms with E-state index < -0.39 is 0 Å². The standard InChI is InChI=1S/C19H21N5O2/c1-12-16(14(3)26-22-12)11-17(25)23-9-10-24-19(13(23)2)20-18(21-24)15-7-5-4-6-8-15/h4-8,13H,9-11H2,1-3H3/t13-/m0/s1. The Morgan fingerprint density at radius 2 is 2.00 bits per heavy atom. The summed E-state index contributed by atoms with van der Waals surface area (Å²) in [6, 6.07) is 9.77. The van der Waals surface area contributed by atoms with Crippen molar-refractivity contribution in [1.82, 2.24) is 24.8 Å². The predicted octanol–water partition coefficient (Wildman–Crippen LogP) is 2.70. The molecule has 1 amide bonds. The molecule has 0 saturated heterocycles. The summed E-state index contributed by atoms with van der Waals surface area (Å²) in [7, 11) is 0. The highest BCUT2D eigenvalue weighted by molar-refractivity contribution is 5.79. The van der Waals surface area contributed by atoms with Crippen molar-refractivity contribution in [2.24, 2.45) is 0 Å². The molecule has 0 fully saturated rings. The van der Waals surface area contributed by atoms with Crippen LogP contribution in [0.4, 0.5) is 0 Å². The van der Waals surface area contributed by atoms with Crippen molar-refractivity contribution in [2.45, 2.75) is 39.8 Å². The van der Waals surface area contributed by atoms with Gasteiger partial charge in [0.25, 0.3) is 0 Å². The Hall–Kier alpha value is -2.96. The van der Waals surface area contributed by atoms with Crippen LogP contribution in [0.2, 0.25) is 0 Å². The summed E-state index contributed by atoms with van der Waals surface area (Å²) >= 11 is 0. The van der Waals surface area contributed by atoms with Crippen LogP contribution in [0.5, 0.6) is 0 Å². The Kier molecular flexibility index (Phi) is 4.06. The Labute approximate surface area is 151 Å². The summed E-state index contributed by atoms with van der Waals surface area (Å²) in [6.07, 6.45) is 0.297. The molecule has 7 nitrogen and oxygen atoms in total. The number of benzene rings is 1. The first-order valence-electron chi connectivity index (χ1n) is 8.76. The topological polar surface area (TPSA) is 77.0 Å². The molecule has 3 aromatic rings. The van der Waals surface area contributed by atoms with Gasteiger partial charge in [-0.15, -0.1) is 0 Å². The number of hydrogen-bond donors (Lipinski definition) is 0. The maximum Gasteiger partial charge on any atom is 0.227 e. The molecule has 1 aromatic carbocycles. The van der Waals surface area contributed by atoms with Gasteiger partial charge in [-0.1, -0.05) is 35.5 Å². The lowest BCUT2D eigenvalue weighted by molar-refractivity contribution is -0.133. The second kappa shape index (κ2) is 6.40. The SMILES string of the molecule is Cc1noc(C)c1CC(=O)N1CCn2nc(-c3ccccc3)nc2[C@@H]1C. The second-order valence-electron chi connectivity index (χ2n) is 6.63. The van der Waals surface area contributed by atoms with E-state index in [0.29, 0.717) is 31.1 Å². The number of carbonyl (C=O) groups excluding carboxylic acids is 1. The molecule has 0 bridgehead atoms. The van der Waals surface area contributed by atoms with Crippen molar-refractivity contribution in [3.8, 4) is 11.4 Å². The molecule has 0 N–H and O–H groups in total. The van der Waals surface area contributed by atoms with Crippen LogP contribution in [0.25, 0.3) is 11.4 Å². The second-order valence-corrected chi connectivity index (χ2v) is 6.63. The van der Waals surface area contributed by atoms with Crippen LogP contribution in [0.3, 0.4) is 0 Å². The molecule has 0 saturated carbocycles. The molecule has 2 aromatic heterocycles. The average Bonchev–Trinajstić information content (AvgIpc) is 3.22. The zero-order valence-electron chi connectivity index (χ0n) is 15.1. The third-order valence-electron chi connectivity index (χ3n) is 4.96. The van der Waals surface area contributed by atoms with Gasteiger partial charge in [-0.2, -0.15) is 5.10 Å². The molecule has 134 valence electrons. The number of amides is 1. The van der Waals surface area contributed by atoms with Crippen molar-refractivity contribution < 1.29 is 9.32 Å². The van der Waals surface area contributed by atoms with Gasteiger partial charge in [-0.25, -0.2) is 9.67 Å². The zero-order chi connectivity index (χ0) is 18.3. The van der Waals surface area contributed by atoms with Gasteiger partial charge in [0.15, 0.2) is 5.82 Å². The van der Waals surface area contributed by atoms with E-state index >= 15 is 0 Å². The number of hydrogen-bond acceptors (Lipinski definition) is 5. The van der Waals surface area contributed by atoms with Crippen molar-refractivity contribution in [1.29, 1.82) is 0 Å². The lowest BCUT2D eigenvalue weighted by atomic mass is 10.1. The summed E-state index contributed by atoms with van der Waals surface area (Å²) in [5.41, 5.74) is 2.63. The van der Waals surface area contributed by atoms with Crippen molar-refractivity contribution in [3.05, 3.63) is 53.2 Å². The van der Waals surface area contributed by atoms with Crippen molar-refractivity contribution >= 4 is 5.91 Å². The highest BCUT2D eigenvalue weighted by Crippen LogP contribution is 2.27. The number of carbonyl (C=O) groups is 1. The summed E-state index contributed by atoms with van der Waals surface area (Å²) in [5, 5.41) is 8.55. The largest absolute Gasteiger partial charge is 0.361 e. The molecule has 0 aliphatic carbocycles. The van der Waals surface area contributed by atoms with Gasteiger partial charge in [0, 0.05) is 17.7 Å². The molecule has 0 spiro atoms. The van der Waals surface area contributed by atoms with Gasteiger partial charge in [0.1, 0.15) is 11.6 Å². The smallest absolute Gasteiger partial charge is 0.227 e. The van der Waals surface area contributed by atoms with Crippen LogP contribution in [0.1, 0.15) is 35.8 Å². The Morgan fingerprint density at radius 3 is 2.69 bits per heavy atom. The van der Waals surface area contributed by atoms with Crippen LogP contribution in [0, 0.1) is 13.8 Å². The summed E-state index contributed by atoms with van der Waals surface area (Å²) in [6.45, 7) is 6.97. The van der Waals surface area contributed by atoms with Crippen LogP contribution >= 0.6 is 0 Å². The van der Waals surface area contributed by atoms with Crippen LogP contribution in [0.15, 0.2) is 34.9 Å². The Bertz CT molecular complexity index is 925. The molecule has 4 rings (SSSR count). The molecular formula is C19H21N5O2. The van der Waals surface area contributed by atoms with Gasteiger partial charge in [-0.05, 0) is 20.8 Å². The van der Waals surface area contributed by atoms with E-state index in [4.69, 9.17) is 9.51 Å². The van der Waals surface area contributed by atoms with Crippen LogP contribution in [-0.2, 0) is 17.8 Å². The molecule has 0 radical (unpaired) electrons. The van der Waals surface area contributed by atoms with Gasteiger partial charge in [0.05, 0.1) is 24.7 Å². The normalized spacial score (nSPS) is 16.6. The predicted molar refractivity (Wildman–Crippen MR) is 95.3 cm³/mol. The van der Waals surface area contributed by atoms with E-state index in [1.54, 1.807) is 0 Å². The summed E-state index contributed by atoms with van der Waals surface area (Å²) < 4.78 is 7.08. The average molecular weight is 351 g/mol. The quantitative estimate of drug-likeness (QED) is 0.725. The van der Waals surface area contributed by atoms with Crippen LogP contribution < -0.4 is 0 Å². The van der Waals surface area contributed by atoms with Crippen LogP contribution in [-0.4, -0.2) is 37.3 Å². The fourth-order valence-electron chi connectivity index (χ4n) is 3.42. The lowest BCUT2D eigenvalue weighted by Gasteiger charge is -2.33. The molecule has 0 unspecified atom stereocenters. The van der Waals surface area contributed by atoms with Crippen molar-refractivity contribution in [2.75, 3.05) is 6.54 Å². The van der Waals surface area contributed by atoms with E-state index in [0.717, 1.165) is 22.6 Å². The number of fused-ring (bicyclic) bond motifs is 1. The Morgan fingerprint density at radius 1 is 1.23 bits per heavy atom. The van der Waals surface area contributed by atoms with Gasteiger partial charge in [0.2, 0.25) is 5.91 Å². The highest BCUT2D eigenvalue weighted by Gasteiger charge is 2.31. The molecule has 7 heteroatoms. The summed E-state index contributed by atoms with van der Waals surface area (Å²) in [5.74, 6) is 2.28. The molecular weight excluding hydrogens is 330 g/mol. The molecule has 1 aliphatic rings. The molecule has 26 heavy (non-hydrogen) atoms. The van der Waals surface area contributed by atoms with Gasteiger partial charge < -0.3 is 9.42 Å². The monoisotopic (exact) mass is 351 g/mol. The number of rotatable bonds is 3. The molecule has 1 atom stereocenters. The first kappa shape index (κ1) is 16.5. The fraction of sp³-hybridized carbons (Fsp3) is 0.368. The van der Waals surface area contributed by atoms with E-state index in [-0.39, 0.29) is 11.9 Å². The van der Waals surface area contributed by atoms with E-state index in [9.17, 15) is 4.79 Å². The number of aryl methyl sites for hydroxylation is 2. The van der Waals surface area contributed by atoms with E-state index in [1.807, 2.05) is 60.7 Å². The first-order valence-corrected chi connectivity index (χ1v) is 8.76. The number of aromatic nitrogens is 4. The van der Waals surface area contributed by atoms with E-state index in [1.165, 1.54) is 0 Å². The third kappa shape index (κ3) is 2.79. The maximum atomic E-state index is 12.9.